The Balaban J connectivity index is 0.000000144. The number of aromatic nitrogens is 4. The normalized spacial score (nSPS) is 16.9. The summed E-state index contributed by atoms with van der Waals surface area (Å²) in [6.45, 7) is 7.06. The van der Waals surface area contributed by atoms with E-state index >= 15 is 0 Å². The van der Waals surface area contributed by atoms with Crippen LogP contribution in [0.2, 0.25) is 0 Å². The molecule has 200 valence electrons. The number of hydrogen-bond donors (Lipinski definition) is 0. The zero-order valence-electron chi connectivity index (χ0n) is 22.1. The lowest BCUT2D eigenvalue weighted by Gasteiger charge is -2.33. The second kappa shape index (κ2) is 13.2. The van der Waals surface area contributed by atoms with Crippen molar-refractivity contribution in [2.75, 3.05) is 58.3 Å². The van der Waals surface area contributed by atoms with Crippen LogP contribution >= 0.6 is 54.5 Å². The zero-order chi connectivity index (χ0) is 26.5. The van der Waals surface area contributed by atoms with Crippen molar-refractivity contribution in [3.05, 3.63) is 49.4 Å². The first kappa shape index (κ1) is 28.8. The molecule has 0 amide bonds. The quantitative estimate of drug-likeness (QED) is 0.220. The average Bonchev–Trinajstić information content (AvgIpc) is 3.35. The molecule has 0 aliphatic carbocycles. The number of halogens is 3. The number of pyridine rings is 2. The molecule has 2 aliphatic rings. The molecule has 6 heterocycles. The maximum atomic E-state index is 4.49. The Kier molecular flexibility index (Phi) is 10.3. The average molecular weight is 745 g/mol. The van der Waals surface area contributed by atoms with Crippen LogP contribution in [0.5, 0.6) is 0 Å². The second-order valence-corrected chi connectivity index (χ2v) is 12.9. The third-order valence-electron chi connectivity index (χ3n) is 6.91. The van der Waals surface area contributed by atoms with E-state index in [2.05, 4.69) is 129 Å². The van der Waals surface area contributed by atoms with E-state index in [1.54, 1.807) is 0 Å². The molecule has 0 atom stereocenters. The zero-order valence-corrected chi connectivity index (χ0v) is 27.4. The van der Waals surface area contributed by atoms with Gasteiger partial charge in [-0.15, -0.1) is 0 Å². The molecule has 2 saturated heterocycles. The van der Waals surface area contributed by atoms with E-state index in [1.165, 1.54) is 52.4 Å². The van der Waals surface area contributed by atoms with Crippen molar-refractivity contribution < 1.29 is 0 Å². The number of nitrogens with zero attached hydrogens (tertiary/aromatic N) is 7. The summed E-state index contributed by atoms with van der Waals surface area (Å²) in [5.41, 5.74) is 3.38. The molecule has 0 spiro atoms. The van der Waals surface area contributed by atoms with Crippen LogP contribution in [-0.2, 0) is 14.1 Å². The predicted octanol–water partition coefficient (Wildman–Crippen LogP) is 6.13. The Morgan fingerprint density at radius 3 is 1.76 bits per heavy atom. The van der Waals surface area contributed by atoms with Gasteiger partial charge in [0.15, 0.2) is 0 Å². The lowest BCUT2D eigenvalue weighted by molar-refractivity contribution is 0.277. The maximum Gasteiger partial charge on any atom is 0.141 e. The Morgan fingerprint density at radius 1 is 0.676 bits per heavy atom. The van der Waals surface area contributed by atoms with Crippen molar-refractivity contribution in [1.82, 2.24) is 28.9 Å². The minimum atomic E-state index is 1.03. The smallest absolute Gasteiger partial charge is 0.141 e. The van der Waals surface area contributed by atoms with Crippen LogP contribution in [0.25, 0.3) is 22.1 Å². The fraction of sp³-hybridized carbons (Fsp3) is 0.481. The first-order valence-electron chi connectivity index (χ1n) is 12.7. The summed E-state index contributed by atoms with van der Waals surface area (Å²) < 4.78 is 7.44. The summed E-state index contributed by atoms with van der Waals surface area (Å²) in [6, 6.07) is 4.25. The SMILES string of the molecule is CN1CCCCC1.CN1CCN(c2cn(C)c3ncc(Br)cc23)CC1.Cn1cc(I)c2cc(Br)cnc21. The molecule has 4 aromatic heterocycles. The van der Waals surface area contributed by atoms with E-state index in [0.717, 1.165) is 46.4 Å². The molecule has 0 aromatic carbocycles. The van der Waals surface area contributed by atoms with Crippen molar-refractivity contribution in [2.45, 2.75) is 19.3 Å². The molecule has 0 saturated carbocycles. The van der Waals surface area contributed by atoms with E-state index in [4.69, 9.17) is 0 Å². The van der Waals surface area contributed by atoms with Gasteiger partial charge in [0.25, 0.3) is 0 Å². The fourth-order valence-electron chi connectivity index (χ4n) is 4.76. The molecule has 7 nitrogen and oxygen atoms in total. The van der Waals surface area contributed by atoms with Gasteiger partial charge in [-0.1, -0.05) is 6.42 Å². The van der Waals surface area contributed by atoms with Gasteiger partial charge in [-0.25, -0.2) is 9.97 Å². The summed E-state index contributed by atoms with van der Waals surface area (Å²) >= 11 is 9.23. The van der Waals surface area contributed by atoms with Gasteiger partial charge in [-0.3, -0.25) is 0 Å². The van der Waals surface area contributed by atoms with Gasteiger partial charge in [0.1, 0.15) is 11.3 Å². The van der Waals surface area contributed by atoms with Gasteiger partial charge in [0.05, 0.1) is 5.69 Å². The highest BCUT2D eigenvalue weighted by atomic mass is 127. The number of piperazine rings is 1. The number of rotatable bonds is 1. The standard InChI is InChI=1S/C13H17BrN4.C8H6BrIN2.C6H13N/c1-16-3-5-18(6-4-16)12-9-17(2)13-11(12)7-10(14)8-15-13;1-12-4-7(10)6-2-5(9)3-11-8(6)12;1-7-5-3-2-4-6-7/h7-9H,3-6H2,1-2H3;2-4H,1H3;2-6H2,1H3. The van der Waals surface area contributed by atoms with Gasteiger partial charge in [-0.2, -0.15) is 0 Å². The summed E-state index contributed by atoms with van der Waals surface area (Å²) in [5.74, 6) is 0. The van der Waals surface area contributed by atoms with E-state index < -0.39 is 0 Å². The molecule has 37 heavy (non-hydrogen) atoms. The predicted molar refractivity (Wildman–Crippen MR) is 171 cm³/mol. The highest BCUT2D eigenvalue weighted by Gasteiger charge is 2.18. The van der Waals surface area contributed by atoms with Crippen LogP contribution < -0.4 is 4.90 Å². The number of likely N-dealkylation sites (tertiary alicyclic amines) is 1. The topological polar surface area (TPSA) is 45.4 Å². The lowest BCUT2D eigenvalue weighted by Crippen LogP contribution is -2.44. The van der Waals surface area contributed by atoms with Gasteiger partial charge in [-0.05, 0) is 107 Å². The van der Waals surface area contributed by atoms with E-state index in [0.29, 0.717) is 0 Å². The number of piperidine rings is 1. The van der Waals surface area contributed by atoms with Gasteiger partial charge < -0.3 is 23.8 Å². The van der Waals surface area contributed by atoms with Crippen LogP contribution in [0, 0.1) is 3.57 Å². The highest BCUT2D eigenvalue weighted by Crippen LogP contribution is 2.30. The molecule has 0 bridgehead atoms. The molecule has 2 fully saturated rings. The molecular weight excluding hydrogens is 709 g/mol. The van der Waals surface area contributed by atoms with Gasteiger partial charge in [0.2, 0.25) is 0 Å². The molecule has 0 N–H and O–H groups in total. The minimum Gasteiger partial charge on any atom is -0.367 e. The fourth-order valence-corrected chi connectivity index (χ4v) is 6.23. The number of fused-ring (bicyclic) bond motifs is 2. The molecule has 0 radical (unpaired) electrons. The molecule has 6 rings (SSSR count). The number of likely N-dealkylation sites (N-methyl/N-ethyl adjacent to an activating group) is 1. The van der Waals surface area contributed by atoms with E-state index in [9.17, 15) is 0 Å². The monoisotopic (exact) mass is 743 g/mol. The summed E-state index contributed by atoms with van der Waals surface area (Å²) in [5, 5.41) is 2.43. The minimum absolute atomic E-state index is 1.03. The van der Waals surface area contributed by atoms with Crippen LogP contribution in [0.3, 0.4) is 0 Å². The van der Waals surface area contributed by atoms with Crippen molar-refractivity contribution in [1.29, 1.82) is 0 Å². The summed E-state index contributed by atoms with van der Waals surface area (Å²) in [7, 11) is 8.44. The molecule has 0 unspecified atom stereocenters. The number of aryl methyl sites for hydroxylation is 2. The van der Waals surface area contributed by atoms with Gasteiger partial charge >= 0.3 is 0 Å². The lowest BCUT2D eigenvalue weighted by atomic mass is 10.1. The maximum absolute atomic E-state index is 4.49. The Morgan fingerprint density at radius 2 is 1.19 bits per heavy atom. The summed E-state index contributed by atoms with van der Waals surface area (Å²) in [6.07, 6.45) is 12.2. The molecule has 2 aliphatic heterocycles. The van der Waals surface area contributed by atoms with Crippen molar-refractivity contribution in [2.24, 2.45) is 14.1 Å². The van der Waals surface area contributed by atoms with Crippen LogP contribution in [-0.4, -0.2) is 82.3 Å². The first-order chi connectivity index (χ1) is 17.7. The summed E-state index contributed by atoms with van der Waals surface area (Å²) in [4.78, 5) is 16.0. The van der Waals surface area contributed by atoms with Gasteiger partial charge in [0, 0.05) is 88.3 Å². The van der Waals surface area contributed by atoms with Crippen LogP contribution in [0.4, 0.5) is 5.69 Å². The Bertz CT molecular complexity index is 1320. The number of hydrogen-bond acceptors (Lipinski definition) is 5. The number of anilines is 1. The van der Waals surface area contributed by atoms with Crippen LogP contribution in [0.15, 0.2) is 45.9 Å². The van der Waals surface area contributed by atoms with Crippen molar-refractivity contribution in [3.63, 3.8) is 0 Å². The molecule has 4 aromatic rings. The third-order valence-corrected chi connectivity index (χ3v) is 8.64. The second-order valence-electron chi connectivity index (χ2n) is 9.92. The van der Waals surface area contributed by atoms with E-state index in [1.807, 2.05) is 24.0 Å². The van der Waals surface area contributed by atoms with Crippen molar-refractivity contribution >= 4 is 82.2 Å². The third kappa shape index (κ3) is 7.46. The molecule has 10 heteroatoms. The molecular formula is C27H36Br2IN7. The largest absolute Gasteiger partial charge is 0.367 e. The Labute approximate surface area is 250 Å². The van der Waals surface area contributed by atoms with Crippen LogP contribution in [0.1, 0.15) is 19.3 Å². The van der Waals surface area contributed by atoms with E-state index in [-0.39, 0.29) is 0 Å². The highest BCUT2D eigenvalue weighted by molar-refractivity contribution is 14.1. The van der Waals surface area contributed by atoms with Crippen molar-refractivity contribution in [3.8, 4) is 0 Å². The first-order valence-corrected chi connectivity index (χ1v) is 15.4. The Hall–Kier alpha value is -1.21.